The molecule has 2 aromatic rings. The van der Waals surface area contributed by atoms with Crippen molar-refractivity contribution in [1.29, 1.82) is 0 Å². The van der Waals surface area contributed by atoms with E-state index >= 15 is 0 Å². The lowest BCUT2D eigenvalue weighted by atomic mass is 10.1. The monoisotopic (exact) mass is 372 g/mol. The predicted octanol–water partition coefficient (Wildman–Crippen LogP) is 3.80. The first-order chi connectivity index (χ1) is 12.3. The predicted molar refractivity (Wildman–Crippen MR) is 108 cm³/mol. The summed E-state index contributed by atoms with van der Waals surface area (Å²) < 4.78 is 24.8. The molecule has 0 aromatic heterocycles. The van der Waals surface area contributed by atoms with Crippen molar-refractivity contribution in [3.63, 3.8) is 0 Å². The highest BCUT2D eigenvalue weighted by atomic mass is 32.2. The Labute approximate surface area is 155 Å². The molecular formula is C20H24N2O3S. The highest BCUT2D eigenvalue weighted by Crippen LogP contribution is 2.16. The first kappa shape index (κ1) is 19.7. The summed E-state index contributed by atoms with van der Waals surface area (Å²) in [5.41, 5.74) is 3.04. The van der Waals surface area contributed by atoms with E-state index in [1.54, 1.807) is 30.3 Å². The standard InChI is InChI=1S/C20H24N2O3S/c1-4-22(5-2)19-13-6-16(7-14-19)8-15-20(23)17-9-11-18(12-10-17)21-26(3,24)25/h6-15,21H,4-5H2,1-3H3. The van der Waals surface area contributed by atoms with E-state index in [4.69, 9.17) is 0 Å². The average Bonchev–Trinajstić information content (AvgIpc) is 2.61. The van der Waals surface area contributed by atoms with Gasteiger partial charge in [0.05, 0.1) is 6.26 Å². The van der Waals surface area contributed by atoms with E-state index < -0.39 is 10.0 Å². The molecule has 26 heavy (non-hydrogen) atoms. The number of carbonyl (C=O) groups is 1. The van der Waals surface area contributed by atoms with E-state index in [1.807, 2.05) is 24.3 Å². The van der Waals surface area contributed by atoms with Crippen LogP contribution in [0.1, 0.15) is 29.8 Å². The number of rotatable bonds is 8. The van der Waals surface area contributed by atoms with Crippen molar-refractivity contribution in [3.8, 4) is 0 Å². The van der Waals surface area contributed by atoms with Gasteiger partial charge in [0.1, 0.15) is 0 Å². The molecule has 5 nitrogen and oxygen atoms in total. The van der Waals surface area contributed by atoms with Crippen molar-refractivity contribution >= 4 is 33.3 Å². The second kappa shape index (κ2) is 8.67. The quantitative estimate of drug-likeness (QED) is 0.565. The van der Waals surface area contributed by atoms with Crippen LogP contribution >= 0.6 is 0 Å². The van der Waals surface area contributed by atoms with Gasteiger partial charge in [-0.05, 0) is 61.9 Å². The summed E-state index contributed by atoms with van der Waals surface area (Å²) in [6, 6.07) is 14.4. The minimum atomic E-state index is -3.32. The van der Waals surface area contributed by atoms with Crippen molar-refractivity contribution in [3.05, 3.63) is 65.7 Å². The molecule has 0 atom stereocenters. The number of nitrogens with zero attached hydrogens (tertiary/aromatic N) is 1. The molecule has 0 bridgehead atoms. The summed E-state index contributed by atoms with van der Waals surface area (Å²) in [7, 11) is -3.32. The van der Waals surface area contributed by atoms with E-state index in [2.05, 4.69) is 23.5 Å². The molecule has 2 aromatic carbocycles. The molecule has 2 rings (SSSR count). The van der Waals surface area contributed by atoms with Crippen LogP contribution in [-0.4, -0.2) is 33.5 Å². The first-order valence-corrected chi connectivity index (χ1v) is 10.4. The van der Waals surface area contributed by atoms with E-state index in [9.17, 15) is 13.2 Å². The summed E-state index contributed by atoms with van der Waals surface area (Å²) in [6.45, 7) is 6.14. The molecule has 138 valence electrons. The van der Waals surface area contributed by atoms with Crippen LogP contribution in [0.4, 0.5) is 11.4 Å². The van der Waals surface area contributed by atoms with Gasteiger partial charge >= 0.3 is 0 Å². The van der Waals surface area contributed by atoms with E-state index in [0.717, 1.165) is 30.6 Å². The number of benzene rings is 2. The molecular weight excluding hydrogens is 348 g/mol. The van der Waals surface area contributed by atoms with Crippen LogP contribution in [0, 0.1) is 0 Å². The second-order valence-corrected chi connectivity index (χ2v) is 7.66. The Bertz CT molecular complexity index is 866. The largest absolute Gasteiger partial charge is 0.372 e. The fraction of sp³-hybridized carbons (Fsp3) is 0.250. The molecule has 6 heteroatoms. The van der Waals surface area contributed by atoms with E-state index in [1.165, 1.54) is 6.08 Å². The zero-order valence-corrected chi connectivity index (χ0v) is 16.1. The molecule has 0 unspecified atom stereocenters. The minimum Gasteiger partial charge on any atom is -0.372 e. The second-order valence-electron chi connectivity index (χ2n) is 5.91. The maximum atomic E-state index is 12.2. The zero-order chi connectivity index (χ0) is 19.2. The van der Waals surface area contributed by atoms with Gasteiger partial charge in [0, 0.05) is 30.0 Å². The Morgan fingerprint density at radius 1 is 1.00 bits per heavy atom. The molecule has 0 amide bonds. The first-order valence-electron chi connectivity index (χ1n) is 8.47. The third-order valence-electron chi connectivity index (χ3n) is 3.92. The van der Waals surface area contributed by atoms with E-state index in [0.29, 0.717) is 11.3 Å². The Morgan fingerprint density at radius 2 is 1.58 bits per heavy atom. The Hall–Kier alpha value is -2.60. The summed E-state index contributed by atoms with van der Waals surface area (Å²) in [5, 5.41) is 0. The average molecular weight is 372 g/mol. The van der Waals surface area contributed by atoms with Crippen LogP contribution in [0.2, 0.25) is 0 Å². The third-order valence-corrected chi connectivity index (χ3v) is 4.53. The normalized spacial score (nSPS) is 11.5. The van der Waals surface area contributed by atoms with Crippen LogP contribution in [0.3, 0.4) is 0 Å². The maximum Gasteiger partial charge on any atom is 0.229 e. The summed E-state index contributed by atoms with van der Waals surface area (Å²) >= 11 is 0. The van der Waals surface area contributed by atoms with Gasteiger partial charge in [-0.15, -0.1) is 0 Å². The van der Waals surface area contributed by atoms with Gasteiger partial charge in [0.2, 0.25) is 10.0 Å². The lowest BCUT2D eigenvalue weighted by molar-refractivity contribution is 0.104. The maximum absolute atomic E-state index is 12.2. The van der Waals surface area contributed by atoms with Gasteiger partial charge in [-0.25, -0.2) is 8.42 Å². The smallest absolute Gasteiger partial charge is 0.229 e. The number of hydrogen-bond donors (Lipinski definition) is 1. The lowest BCUT2D eigenvalue weighted by Gasteiger charge is -2.20. The summed E-state index contributed by atoms with van der Waals surface area (Å²) in [4.78, 5) is 14.5. The van der Waals surface area contributed by atoms with Crippen molar-refractivity contribution in [2.24, 2.45) is 0 Å². The SMILES string of the molecule is CCN(CC)c1ccc(C=CC(=O)c2ccc(NS(C)(=O)=O)cc2)cc1. The zero-order valence-electron chi connectivity index (χ0n) is 15.3. The lowest BCUT2D eigenvalue weighted by Crippen LogP contribution is -2.21. The number of hydrogen-bond acceptors (Lipinski definition) is 4. The topological polar surface area (TPSA) is 66.5 Å². The molecule has 0 aliphatic carbocycles. The summed E-state index contributed by atoms with van der Waals surface area (Å²) in [6.07, 6.45) is 4.38. The fourth-order valence-corrected chi connectivity index (χ4v) is 3.13. The minimum absolute atomic E-state index is 0.135. The summed E-state index contributed by atoms with van der Waals surface area (Å²) in [5.74, 6) is -0.135. The highest BCUT2D eigenvalue weighted by Gasteiger charge is 2.05. The number of ketones is 1. The molecule has 1 N–H and O–H groups in total. The van der Waals surface area contributed by atoms with Crippen molar-refractivity contribution in [2.75, 3.05) is 29.0 Å². The Kier molecular flexibility index (Phi) is 6.58. The van der Waals surface area contributed by atoms with Crippen molar-refractivity contribution in [2.45, 2.75) is 13.8 Å². The molecule has 0 radical (unpaired) electrons. The van der Waals surface area contributed by atoms with Crippen LogP contribution in [-0.2, 0) is 10.0 Å². The van der Waals surface area contributed by atoms with Gasteiger partial charge in [-0.1, -0.05) is 18.2 Å². The Balaban J connectivity index is 2.04. The van der Waals surface area contributed by atoms with Crippen LogP contribution < -0.4 is 9.62 Å². The van der Waals surface area contributed by atoms with Crippen molar-refractivity contribution < 1.29 is 13.2 Å². The van der Waals surface area contributed by atoms with Gasteiger partial charge in [-0.2, -0.15) is 0 Å². The van der Waals surface area contributed by atoms with Gasteiger partial charge < -0.3 is 4.90 Å². The number of nitrogens with one attached hydrogen (secondary N) is 1. The van der Waals surface area contributed by atoms with Crippen LogP contribution in [0.25, 0.3) is 6.08 Å². The van der Waals surface area contributed by atoms with Crippen LogP contribution in [0.15, 0.2) is 54.6 Å². The molecule has 0 aliphatic rings. The van der Waals surface area contributed by atoms with E-state index in [-0.39, 0.29) is 5.78 Å². The number of allylic oxidation sites excluding steroid dienone is 1. The number of anilines is 2. The molecule has 0 heterocycles. The number of sulfonamides is 1. The fourth-order valence-electron chi connectivity index (χ4n) is 2.57. The van der Waals surface area contributed by atoms with Gasteiger partial charge in [0.15, 0.2) is 5.78 Å². The molecule has 0 fully saturated rings. The third kappa shape index (κ3) is 5.74. The molecule has 0 spiro atoms. The Morgan fingerprint density at radius 3 is 2.08 bits per heavy atom. The number of carbonyl (C=O) groups excluding carboxylic acids is 1. The highest BCUT2D eigenvalue weighted by molar-refractivity contribution is 7.92. The molecule has 0 saturated carbocycles. The van der Waals surface area contributed by atoms with Gasteiger partial charge in [-0.3, -0.25) is 9.52 Å². The molecule has 0 saturated heterocycles. The van der Waals surface area contributed by atoms with Crippen LogP contribution in [0.5, 0.6) is 0 Å². The van der Waals surface area contributed by atoms with Crippen molar-refractivity contribution in [1.82, 2.24) is 0 Å². The molecule has 0 aliphatic heterocycles. The van der Waals surface area contributed by atoms with Gasteiger partial charge in [0.25, 0.3) is 0 Å².